The number of amides is 8. The Bertz CT molecular complexity index is 2330. The highest BCUT2D eigenvalue weighted by atomic mass is 16.4. The molecule has 1 aliphatic rings. The Morgan fingerprint density at radius 1 is 0.701 bits per heavy atom. The number of hydrogen-bond donors (Lipinski definition) is 15. The molecule has 2 aromatic rings. The fraction of sp³-hybridized carbons (Fsp3) is 0.592. The van der Waals surface area contributed by atoms with Crippen LogP contribution in [0.2, 0.25) is 0 Å². The van der Waals surface area contributed by atoms with Crippen LogP contribution in [0.4, 0.5) is 0 Å². The Kier molecular flexibility index (Phi) is 26.8. The summed E-state index contributed by atoms with van der Waals surface area (Å²) in [7, 11) is 0. The Labute approximate surface area is 447 Å². The molecule has 0 aliphatic carbocycles. The third-order valence-corrected chi connectivity index (χ3v) is 12.1. The molecular formula is C49H79N17O11. The number of guanidine groups is 2. The lowest BCUT2D eigenvalue weighted by Gasteiger charge is -2.30. The van der Waals surface area contributed by atoms with Crippen LogP contribution in [-0.2, 0) is 56.0 Å². The summed E-state index contributed by atoms with van der Waals surface area (Å²) in [5.41, 5.74) is 28.8. The van der Waals surface area contributed by atoms with Gasteiger partial charge in [-0.1, -0.05) is 58.0 Å². The Hall–Kier alpha value is -7.88. The predicted octanol–water partition coefficient (Wildman–Crippen LogP) is -4.19. The standard InChI is InChI=1S/C49H79N17O11/c1-27(2)19-31(50)40(69)63-34(20-28(3)4)42(71)61-32(13-8-16-56-48(51)52)41(70)58-24-39(68)60-36(22-30-23-55-26-59-30)44(73)65-37(25-67)46(75)66-18-10-15-38(66)45(74)64-35(21-29-11-6-5-7-12-29)43(72)62-33(47(76)77)14-9-17-57-49(53)54/h5-7,11-12,23,26-28,31-38,67H,8-10,13-22,24-25,50H2,1-4H3,(H,55,59)(H,58,70)(H,60,68)(H,61,71)(H,62,72)(H,63,69)(H,64,74)(H,65,73)(H,76,77)(H4,51,52,56)(H4,53,54,57)/t31-,32-,33-,34-,35-,36-,37-,38-/m0/s1. The van der Waals surface area contributed by atoms with Crippen LogP contribution in [0, 0.1) is 11.8 Å². The summed E-state index contributed by atoms with van der Waals surface area (Å²) in [6, 6.07) is -1.44. The minimum Gasteiger partial charge on any atom is -0.480 e. The summed E-state index contributed by atoms with van der Waals surface area (Å²) in [5, 5.41) is 38.4. The van der Waals surface area contributed by atoms with Crippen molar-refractivity contribution in [1.29, 1.82) is 0 Å². The van der Waals surface area contributed by atoms with Gasteiger partial charge in [-0.2, -0.15) is 0 Å². The van der Waals surface area contributed by atoms with E-state index in [4.69, 9.17) is 28.7 Å². The van der Waals surface area contributed by atoms with E-state index in [-0.39, 0.29) is 94.8 Å². The minimum absolute atomic E-state index is 0.00656. The average Bonchev–Trinajstić information content (AvgIpc) is 4.09. The quantitative estimate of drug-likeness (QED) is 0.0183. The molecule has 8 atom stereocenters. The van der Waals surface area contributed by atoms with Crippen LogP contribution < -0.4 is 65.9 Å². The third kappa shape index (κ3) is 22.9. The molecule has 0 unspecified atom stereocenters. The van der Waals surface area contributed by atoms with Gasteiger partial charge in [0.1, 0.15) is 42.3 Å². The van der Waals surface area contributed by atoms with Crippen molar-refractivity contribution in [3.63, 3.8) is 0 Å². The molecule has 2 heterocycles. The highest BCUT2D eigenvalue weighted by molar-refractivity contribution is 5.98. The van der Waals surface area contributed by atoms with E-state index in [0.717, 1.165) is 4.90 Å². The average molecular weight is 1080 g/mol. The highest BCUT2D eigenvalue weighted by Crippen LogP contribution is 2.20. The number of benzene rings is 1. The predicted molar refractivity (Wildman–Crippen MR) is 283 cm³/mol. The summed E-state index contributed by atoms with van der Waals surface area (Å²) < 4.78 is 0. The number of carboxylic acid groups (broad SMARTS) is 1. The number of carbonyl (C=O) groups excluding carboxylic acids is 8. The van der Waals surface area contributed by atoms with E-state index >= 15 is 0 Å². The van der Waals surface area contributed by atoms with Crippen molar-refractivity contribution in [3.8, 4) is 0 Å². The first-order valence-corrected chi connectivity index (χ1v) is 25.6. The zero-order valence-electron chi connectivity index (χ0n) is 44.2. The zero-order chi connectivity index (χ0) is 57.2. The van der Waals surface area contributed by atoms with Crippen LogP contribution in [0.25, 0.3) is 0 Å². The number of aromatic amines is 1. The summed E-state index contributed by atoms with van der Waals surface area (Å²) in [4.78, 5) is 138. The molecule has 1 aliphatic heterocycles. The normalized spacial score (nSPS) is 15.8. The SMILES string of the molecule is CC(C)C[C@H](NC(=O)[C@@H](N)CC(C)C)C(=O)N[C@@H](CCCN=C(N)N)C(=O)NCC(=O)N[C@@H](Cc1cnc[nH]1)C(=O)N[C@@H](CO)C(=O)N1CCC[C@H]1C(=O)N[C@@H](Cc1ccccc1)C(=O)N[C@@H](CCCN=C(N)N)C(=O)O. The van der Waals surface area contributed by atoms with Crippen molar-refractivity contribution in [2.45, 2.75) is 140 Å². The summed E-state index contributed by atoms with van der Waals surface area (Å²) in [5.74, 6) is -7.85. The number of aliphatic imine (C=N–C) groups is 2. The lowest BCUT2D eigenvalue weighted by molar-refractivity contribution is -0.144. The smallest absolute Gasteiger partial charge is 0.326 e. The van der Waals surface area contributed by atoms with Crippen LogP contribution in [0.15, 0.2) is 52.8 Å². The molecule has 0 radical (unpaired) electrons. The van der Waals surface area contributed by atoms with E-state index in [1.807, 2.05) is 27.7 Å². The van der Waals surface area contributed by atoms with Gasteiger partial charge >= 0.3 is 5.97 Å². The van der Waals surface area contributed by atoms with Gasteiger partial charge in [0.15, 0.2) is 11.9 Å². The van der Waals surface area contributed by atoms with Crippen LogP contribution in [0.3, 0.4) is 0 Å². The summed E-state index contributed by atoms with van der Waals surface area (Å²) >= 11 is 0. The van der Waals surface area contributed by atoms with Crippen LogP contribution in [0.5, 0.6) is 0 Å². The molecule has 1 aromatic heterocycles. The molecule has 28 nitrogen and oxygen atoms in total. The Balaban J connectivity index is 1.76. The molecular weight excluding hydrogens is 1000 g/mol. The van der Waals surface area contributed by atoms with Crippen molar-refractivity contribution in [3.05, 3.63) is 54.1 Å². The topological polar surface area (TPSA) is 465 Å². The van der Waals surface area contributed by atoms with Crippen molar-refractivity contribution in [2.24, 2.45) is 50.5 Å². The van der Waals surface area contributed by atoms with Gasteiger partial charge in [-0.05, 0) is 68.8 Å². The number of likely N-dealkylation sites (tertiary alicyclic amines) is 1. The molecule has 77 heavy (non-hydrogen) atoms. The number of carbonyl (C=O) groups is 9. The number of imidazole rings is 1. The fourth-order valence-electron chi connectivity index (χ4n) is 8.32. The second-order valence-corrected chi connectivity index (χ2v) is 19.6. The van der Waals surface area contributed by atoms with Gasteiger partial charge < -0.3 is 86.0 Å². The minimum atomic E-state index is -1.63. The lowest BCUT2D eigenvalue weighted by atomic mass is 10.00. The molecule has 426 valence electrons. The second-order valence-electron chi connectivity index (χ2n) is 19.6. The molecule has 0 saturated carbocycles. The van der Waals surface area contributed by atoms with Gasteiger partial charge in [0.2, 0.25) is 47.3 Å². The van der Waals surface area contributed by atoms with Gasteiger partial charge in [-0.25, -0.2) is 9.78 Å². The highest BCUT2D eigenvalue weighted by Gasteiger charge is 2.40. The zero-order valence-corrected chi connectivity index (χ0v) is 44.2. The number of aliphatic hydroxyl groups is 1. The molecule has 1 aromatic carbocycles. The number of nitrogens with one attached hydrogen (secondary N) is 8. The molecule has 0 spiro atoms. The van der Waals surface area contributed by atoms with E-state index in [0.29, 0.717) is 24.1 Å². The van der Waals surface area contributed by atoms with E-state index in [9.17, 15) is 53.4 Å². The van der Waals surface area contributed by atoms with Gasteiger partial charge in [-0.3, -0.25) is 48.3 Å². The van der Waals surface area contributed by atoms with Crippen molar-refractivity contribution in [2.75, 3.05) is 32.8 Å². The van der Waals surface area contributed by atoms with Crippen LogP contribution in [-0.4, -0.2) is 171 Å². The Morgan fingerprint density at radius 2 is 1.26 bits per heavy atom. The fourth-order valence-corrected chi connectivity index (χ4v) is 8.32. The number of nitrogens with two attached hydrogens (primary N) is 5. The van der Waals surface area contributed by atoms with Crippen LogP contribution >= 0.6 is 0 Å². The first kappa shape index (κ1) is 63.4. The monoisotopic (exact) mass is 1080 g/mol. The number of rotatable bonds is 33. The number of aromatic nitrogens is 2. The van der Waals surface area contributed by atoms with Gasteiger partial charge in [0, 0.05) is 44.4 Å². The number of hydrogen-bond acceptors (Lipinski definition) is 14. The maximum atomic E-state index is 14.1. The van der Waals surface area contributed by atoms with Gasteiger partial charge in [0.25, 0.3) is 0 Å². The maximum absolute atomic E-state index is 14.1. The Morgan fingerprint density at radius 3 is 1.82 bits per heavy atom. The molecule has 28 heteroatoms. The van der Waals surface area contributed by atoms with Crippen molar-refractivity contribution in [1.82, 2.24) is 52.1 Å². The molecule has 0 bridgehead atoms. The number of aliphatic carboxylic acids is 1. The third-order valence-electron chi connectivity index (χ3n) is 12.1. The second kappa shape index (κ2) is 32.5. The largest absolute Gasteiger partial charge is 0.480 e. The summed E-state index contributed by atoms with van der Waals surface area (Å²) in [6.45, 7) is 6.11. The molecule has 8 amide bonds. The van der Waals surface area contributed by atoms with E-state index in [2.05, 4.69) is 57.2 Å². The first-order valence-electron chi connectivity index (χ1n) is 25.6. The maximum Gasteiger partial charge on any atom is 0.326 e. The lowest BCUT2D eigenvalue weighted by Crippen LogP contribution is -2.60. The van der Waals surface area contributed by atoms with Crippen molar-refractivity contribution < 1.29 is 53.4 Å². The molecule has 3 rings (SSSR count). The number of nitrogens with zero attached hydrogens (tertiary/aromatic N) is 4. The van der Waals surface area contributed by atoms with E-state index < -0.39 is 115 Å². The van der Waals surface area contributed by atoms with Gasteiger partial charge in [0.05, 0.1) is 25.5 Å². The van der Waals surface area contributed by atoms with Crippen molar-refractivity contribution >= 4 is 65.1 Å². The molecule has 1 saturated heterocycles. The number of carboxylic acids is 1. The summed E-state index contributed by atoms with van der Waals surface area (Å²) in [6.07, 6.45) is 3.93. The first-order chi connectivity index (χ1) is 36.5. The number of H-pyrrole nitrogens is 1. The van der Waals surface area contributed by atoms with Gasteiger partial charge in [-0.15, -0.1) is 0 Å². The van der Waals surface area contributed by atoms with E-state index in [1.54, 1.807) is 30.3 Å². The van der Waals surface area contributed by atoms with Crippen LogP contribution in [0.1, 0.15) is 90.3 Å². The number of aliphatic hydroxyl groups excluding tert-OH is 1. The van der Waals surface area contributed by atoms with E-state index in [1.165, 1.54) is 12.5 Å². The molecule has 20 N–H and O–H groups in total. The molecule has 1 fully saturated rings.